The zero-order chi connectivity index (χ0) is 19.0. The Morgan fingerprint density at radius 3 is 2.38 bits per heavy atom. The highest BCUT2D eigenvalue weighted by atomic mass is 19.3. The van der Waals surface area contributed by atoms with E-state index in [1.807, 2.05) is 6.92 Å². The Balaban J connectivity index is 2.05. The van der Waals surface area contributed by atoms with Crippen LogP contribution in [0.15, 0.2) is 17.9 Å². The quantitative estimate of drug-likeness (QED) is 0.384. The smallest absolute Gasteiger partial charge is 0.430 e. The summed E-state index contributed by atoms with van der Waals surface area (Å²) in [6, 6.07) is 2.90. The van der Waals surface area contributed by atoms with Crippen molar-refractivity contribution in [2.45, 2.75) is 77.7 Å². The molecule has 1 aromatic carbocycles. The lowest BCUT2D eigenvalue weighted by Crippen LogP contribution is -2.24. The minimum Gasteiger partial charge on any atom is -0.491 e. The molecule has 1 aliphatic heterocycles. The van der Waals surface area contributed by atoms with Gasteiger partial charge < -0.3 is 9.47 Å². The van der Waals surface area contributed by atoms with Crippen LogP contribution in [0.25, 0.3) is 6.08 Å². The highest BCUT2D eigenvalue weighted by Gasteiger charge is 2.43. The van der Waals surface area contributed by atoms with Gasteiger partial charge >= 0.3 is 6.11 Å². The van der Waals surface area contributed by atoms with Gasteiger partial charge in [0.15, 0.2) is 11.6 Å². The first-order valence-corrected chi connectivity index (χ1v) is 9.72. The highest BCUT2D eigenvalue weighted by molar-refractivity contribution is 5.60. The van der Waals surface area contributed by atoms with Gasteiger partial charge in [-0.1, -0.05) is 58.4 Å². The molecule has 2 nitrogen and oxygen atoms in total. The summed E-state index contributed by atoms with van der Waals surface area (Å²) in [7, 11) is 0. The Labute approximate surface area is 154 Å². The van der Waals surface area contributed by atoms with E-state index in [1.54, 1.807) is 0 Å². The van der Waals surface area contributed by atoms with Crippen LogP contribution in [0.2, 0.25) is 0 Å². The Morgan fingerprint density at radius 1 is 0.962 bits per heavy atom. The Kier molecular flexibility index (Phi) is 7.85. The topological polar surface area (TPSA) is 18.5 Å². The molecule has 0 bridgehead atoms. The van der Waals surface area contributed by atoms with Crippen molar-refractivity contribution < 1.29 is 22.6 Å². The molecule has 0 atom stereocenters. The number of allylic oxidation sites excluding steroid dienone is 1. The molecule has 0 aromatic heterocycles. The number of fused-ring (bicyclic) bond motifs is 1. The average molecular weight is 370 g/mol. The first-order chi connectivity index (χ1) is 12.5. The predicted octanol–water partition coefficient (Wildman–Crippen LogP) is 7.18. The number of hydrogen-bond donors (Lipinski definition) is 0. The van der Waals surface area contributed by atoms with Gasteiger partial charge in [0.05, 0.1) is 6.61 Å². The number of alkyl halides is 2. The largest absolute Gasteiger partial charge is 0.491 e. The molecule has 1 heterocycles. The van der Waals surface area contributed by atoms with Crippen LogP contribution in [0.5, 0.6) is 5.75 Å². The van der Waals surface area contributed by atoms with Crippen LogP contribution in [0.1, 0.15) is 82.8 Å². The second-order valence-corrected chi connectivity index (χ2v) is 6.79. The highest BCUT2D eigenvalue weighted by Crippen LogP contribution is 2.43. The maximum absolute atomic E-state index is 14.5. The third-order valence-electron chi connectivity index (χ3n) is 4.54. The lowest BCUT2D eigenvalue weighted by atomic mass is 10.0. The minimum atomic E-state index is -3.67. The van der Waals surface area contributed by atoms with Crippen molar-refractivity contribution in [3.63, 3.8) is 0 Å². The van der Waals surface area contributed by atoms with Gasteiger partial charge in [0, 0.05) is 6.42 Å². The van der Waals surface area contributed by atoms with Crippen molar-refractivity contribution in [2.24, 2.45) is 0 Å². The molecule has 1 aliphatic rings. The molecule has 1 aromatic rings. The van der Waals surface area contributed by atoms with Crippen molar-refractivity contribution in [2.75, 3.05) is 6.61 Å². The number of hydrogen-bond acceptors (Lipinski definition) is 2. The average Bonchev–Trinajstić information content (AvgIpc) is 2.59. The summed E-state index contributed by atoms with van der Waals surface area (Å²) in [4.78, 5) is 0. The second-order valence-electron chi connectivity index (χ2n) is 6.79. The maximum Gasteiger partial charge on any atom is 0.430 e. The predicted molar refractivity (Wildman–Crippen MR) is 97.8 cm³/mol. The molecule has 0 unspecified atom stereocenters. The first kappa shape index (κ1) is 20.7. The van der Waals surface area contributed by atoms with E-state index in [-0.39, 0.29) is 17.1 Å². The summed E-state index contributed by atoms with van der Waals surface area (Å²) in [6.45, 7) is 4.43. The van der Waals surface area contributed by atoms with Gasteiger partial charge in [0.2, 0.25) is 0 Å². The summed E-state index contributed by atoms with van der Waals surface area (Å²) in [6.07, 6.45) is 6.34. The molecule has 0 N–H and O–H groups in total. The van der Waals surface area contributed by atoms with E-state index in [1.165, 1.54) is 37.5 Å². The molecule has 0 spiro atoms. The summed E-state index contributed by atoms with van der Waals surface area (Å²) in [5, 5.41) is 0. The molecule has 0 saturated heterocycles. The summed E-state index contributed by atoms with van der Waals surface area (Å²) in [5.74, 6) is -0.955. The molecule has 146 valence electrons. The molecule has 0 fully saturated rings. The lowest BCUT2D eigenvalue weighted by Gasteiger charge is -2.27. The first-order valence-electron chi connectivity index (χ1n) is 9.72. The normalized spacial score (nSPS) is 15.2. The Hall–Kier alpha value is -1.65. The molecule has 0 radical (unpaired) electrons. The van der Waals surface area contributed by atoms with Crippen molar-refractivity contribution >= 4 is 6.08 Å². The molecule has 0 saturated carbocycles. The fourth-order valence-corrected chi connectivity index (χ4v) is 3.05. The SMILES string of the molecule is CCCCCCCCC1=Cc2ccc(OCCCC)c(F)c2C(F)(F)O1. The van der Waals surface area contributed by atoms with E-state index in [2.05, 4.69) is 6.92 Å². The van der Waals surface area contributed by atoms with Crippen molar-refractivity contribution in [1.82, 2.24) is 0 Å². The van der Waals surface area contributed by atoms with Gasteiger partial charge in [-0.15, -0.1) is 0 Å². The van der Waals surface area contributed by atoms with Gasteiger partial charge in [-0.05, 0) is 30.5 Å². The number of benzene rings is 1. The standard InChI is InChI=1S/C21H29F3O2/c1-3-5-7-8-9-10-11-17-15-16-12-13-18(25-14-6-4-2)20(22)19(16)21(23,24)26-17/h12-13,15H,3-11,14H2,1-2H3. The van der Waals surface area contributed by atoms with Crippen LogP contribution in [0.4, 0.5) is 13.2 Å². The molecule has 2 rings (SSSR count). The monoisotopic (exact) mass is 370 g/mol. The van der Waals surface area contributed by atoms with Gasteiger partial charge in [-0.2, -0.15) is 8.78 Å². The molecule has 0 amide bonds. The van der Waals surface area contributed by atoms with Gasteiger partial charge in [-0.25, -0.2) is 4.39 Å². The van der Waals surface area contributed by atoms with Crippen LogP contribution in [0, 0.1) is 5.82 Å². The summed E-state index contributed by atoms with van der Waals surface area (Å²) < 4.78 is 53.4. The fraction of sp³-hybridized carbons (Fsp3) is 0.619. The molecular formula is C21H29F3O2. The van der Waals surface area contributed by atoms with E-state index < -0.39 is 17.5 Å². The van der Waals surface area contributed by atoms with Gasteiger partial charge in [0.25, 0.3) is 0 Å². The van der Waals surface area contributed by atoms with Crippen LogP contribution in [-0.2, 0) is 10.8 Å². The van der Waals surface area contributed by atoms with E-state index in [9.17, 15) is 13.2 Å². The Bertz CT molecular complexity index is 612. The number of ether oxygens (including phenoxy) is 2. The zero-order valence-corrected chi connectivity index (χ0v) is 15.8. The third kappa shape index (κ3) is 5.42. The van der Waals surface area contributed by atoms with Gasteiger partial charge in [0.1, 0.15) is 11.3 Å². The van der Waals surface area contributed by atoms with Crippen molar-refractivity contribution in [3.05, 3.63) is 34.8 Å². The lowest BCUT2D eigenvalue weighted by molar-refractivity contribution is -0.228. The second kappa shape index (κ2) is 9.89. The molecule has 5 heteroatoms. The summed E-state index contributed by atoms with van der Waals surface area (Å²) in [5.41, 5.74) is -0.555. The third-order valence-corrected chi connectivity index (χ3v) is 4.54. The molecule has 26 heavy (non-hydrogen) atoms. The fourth-order valence-electron chi connectivity index (χ4n) is 3.05. The number of halogens is 3. The van der Waals surface area contributed by atoms with E-state index in [0.717, 1.165) is 32.1 Å². The minimum absolute atomic E-state index is 0.145. The van der Waals surface area contributed by atoms with Crippen LogP contribution >= 0.6 is 0 Å². The van der Waals surface area contributed by atoms with E-state index >= 15 is 0 Å². The zero-order valence-electron chi connectivity index (χ0n) is 15.8. The van der Waals surface area contributed by atoms with Gasteiger partial charge in [-0.3, -0.25) is 0 Å². The number of unbranched alkanes of at least 4 members (excludes halogenated alkanes) is 6. The Morgan fingerprint density at radius 2 is 1.65 bits per heavy atom. The number of rotatable bonds is 11. The van der Waals surface area contributed by atoms with Crippen LogP contribution < -0.4 is 4.74 Å². The molecular weight excluding hydrogens is 341 g/mol. The van der Waals surface area contributed by atoms with Crippen LogP contribution in [0.3, 0.4) is 0 Å². The van der Waals surface area contributed by atoms with Crippen molar-refractivity contribution in [1.29, 1.82) is 0 Å². The summed E-state index contributed by atoms with van der Waals surface area (Å²) >= 11 is 0. The molecule has 0 aliphatic carbocycles. The van der Waals surface area contributed by atoms with Crippen molar-refractivity contribution in [3.8, 4) is 5.75 Å². The van der Waals surface area contributed by atoms with Crippen LogP contribution in [-0.4, -0.2) is 6.61 Å². The van der Waals surface area contributed by atoms with E-state index in [0.29, 0.717) is 13.0 Å². The van der Waals surface area contributed by atoms with E-state index in [4.69, 9.17) is 9.47 Å². The maximum atomic E-state index is 14.5.